The maximum absolute atomic E-state index is 14.0. The van der Waals surface area contributed by atoms with Crippen molar-refractivity contribution in [3.63, 3.8) is 0 Å². The molecule has 1 saturated heterocycles. The van der Waals surface area contributed by atoms with E-state index in [2.05, 4.69) is 15.6 Å². The van der Waals surface area contributed by atoms with Crippen LogP contribution in [-0.4, -0.2) is 70.2 Å². The van der Waals surface area contributed by atoms with Gasteiger partial charge < -0.3 is 15.5 Å². The van der Waals surface area contributed by atoms with E-state index >= 15 is 0 Å². The van der Waals surface area contributed by atoms with Gasteiger partial charge in [0.2, 0.25) is 10.0 Å². The molecule has 0 bridgehead atoms. The molecule has 30 heavy (non-hydrogen) atoms. The van der Waals surface area contributed by atoms with Gasteiger partial charge in [0.05, 0.1) is 5.75 Å². The van der Waals surface area contributed by atoms with Crippen molar-refractivity contribution < 1.29 is 17.2 Å². The van der Waals surface area contributed by atoms with Gasteiger partial charge in [0.25, 0.3) is 0 Å². The van der Waals surface area contributed by atoms with E-state index in [-0.39, 0.29) is 41.5 Å². The third kappa shape index (κ3) is 7.49. The summed E-state index contributed by atoms with van der Waals surface area (Å²) in [6.45, 7) is 6.15. The minimum atomic E-state index is -3.18. The van der Waals surface area contributed by atoms with E-state index in [0.717, 1.165) is 6.42 Å². The van der Waals surface area contributed by atoms with Crippen LogP contribution in [0.3, 0.4) is 0 Å². The second-order valence-electron chi connectivity index (χ2n) is 6.98. The number of nitrogens with one attached hydrogen (secondary N) is 2. The first kappa shape index (κ1) is 26.8. The SMILES string of the molecule is CCNC(=NCCCN(C)S(=O)(=O)CC)NC1CCN(c2c(F)cccc2F)C1.I. The van der Waals surface area contributed by atoms with Crippen LogP contribution >= 0.6 is 24.0 Å². The summed E-state index contributed by atoms with van der Waals surface area (Å²) in [5.74, 6) is -0.415. The summed E-state index contributed by atoms with van der Waals surface area (Å²) in [7, 11) is -1.61. The van der Waals surface area contributed by atoms with Crippen molar-refractivity contribution in [2.45, 2.75) is 32.7 Å². The zero-order valence-electron chi connectivity index (χ0n) is 17.7. The number of guanidine groups is 1. The standard InChI is InChI=1S/C19H31F2N5O2S.HI/c1-4-22-19(23-11-7-12-25(3)29(27,28)5-2)24-15-10-13-26(14-15)18-16(20)8-6-9-17(18)21;/h6,8-9,15H,4-5,7,10-14H2,1-3H3,(H2,22,23,24);1H. The van der Waals surface area contributed by atoms with Gasteiger partial charge in [-0.15, -0.1) is 24.0 Å². The van der Waals surface area contributed by atoms with Crippen molar-refractivity contribution in [1.82, 2.24) is 14.9 Å². The number of para-hydroxylation sites is 1. The van der Waals surface area contributed by atoms with Crippen molar-refractivity contribution in [3.8, 4) is 0 Å². The van der Waals surface area contributed by atoms with Crippen molar-refractivity contribution >= 4 is 45.6 Å². The third-order valence-electron chi connectivity index (χ3n) is 4.87. The van der Waals surface area contributed by atoms with Crippen molar-refractivity contribution in [2.24, 2.45) is 4.99 Å². The number of halogens is 3. The predicted octanol–water partition coefficient (Wildman–Crippen LogP) is 2.39. The molecule has 0 aromatic heterocycles. The third-order valence-corrected chi connectivity index (χ3v) is 6.73. The normalized spacial score (nSPS) is 17.2. The van der Waals surface area contributed by atoms with E-state index in [1.54, 1.807) is 18.9 Å². The van der Waals surface area contributed by atoms with Crippen LogP contribution in [-0.2, 0) is 10.0 Å². The highest BCUT2D eigenvalue weighted by molar-refractivity contribution is 14.0. The van der Waals surface area contributed by atoms with Gasteiger partial charge in [-0.3, -0.25) is 4.99 Å². The van der Waals surface area contributed by atoms with Crippen LogP contribution in [0.2, 0.25) is 0 Å². The smallest absolute Gasteiger partial charge is 0.213 e. The van der Waals surface area contributed by atoms with Crippen LogP contribution in [0.25, 0.3) is 0 Å². The van der Waals surface area contributed by atoms with Crippen LogP contribution in [0, 0.1) is 11.6 Å². The lowest BCUT2D eigenvalue weighted by Gasteiger charge is -2.21. The molecule has 172 valence electrons. The Bertz CT molecular complexity index is 790. The Balaban J connectivity index is 0.00000450. The van der Waals surface area contributed by atoms with Gasteiger partial charge in [0.1, 0.15) is 17.3 Å². The fraction of sp³-hybridized carbons (Fsp3) is 0.632. The minimum absolute atomic E-state index is 0. The van der Waals surface area contributed by atoms with Crippen LogP contribution in [0.1, 0.15) is 26.7 Å². The molecule has 1 aliphatic heterocycles. The Kier molecular flexibility index (Phi) is 11.3. The molecule has 2 rings (SSSR count). The van der Waals surface area contributed by atoms with Gasteiger partial charge in [-0.05, 0) is 38.8 Å². The van der Waals surface area contributed by atoms with Crippen LogP contribution in [0.5, 0.6) is 0 Å². The molecule has 7 nitrogen and oxygen atoms in total. The van der Waals surface area contributed by atoms with Crippen LogP contribution < -0.4 is 15.5 Å². The Labute approximate surface area is 195 Å². The first-order valence-corrected chi connectivity index (χ1v) is 11.6. The minimum Gasteiger partial charge on any atom is -0.365 e. The average molecular weight is 559 g/mol. The van der Waals surface area contributed by atoms with Gasteiger partial charge in [0.15, 0.2) is 5.96 Å². The number of aliphatic imine (C=N–C) groups is 1. The van der Waals surface area contributed by atoms with Crippen molar-refractivity contribution in [2.75, 3.05) is 50.4 Å². The summed E-state index contributed by atoms with van der Waals surface area (Å²) in [5, 5.41) is 6.46. The number of nitrogens with zero attached hydrogens (tertiary/aromatic N) is 3. The zero-order valence-corrected chi connectivity index (χ0v) is 20.8. The monoisotopic (exact) mass is 559 g/mol. The highest BCUT2D eigenvalue weighted by Gasteiger charge is 2.27. The summed E-state index contributed by atoms with van der Waals surface area (Å²) in [6, 6.07) is 3.90. The number of hydrogen-bond donors (Lipinski definition) is 2. The van der Waals surface area contributed by atoms with Crippen molar-refractivity contribution in [3.05, 3.63) is 29.8 Å². The number of sulfonamides is 1. The van der Waals surface area contributed by atoms with E-state index in [1.165, 1.54) is 22.5 Å². The van der Waals surface area contributed by atoms with Gasteiger partial charge in [0, 0.05) is 45.8 Å². The second-order valence-corrected chi connectivity index (χ2v) is 9.35. The molecule has 0 spiro atoms. The van der Waals surface area contributed by atoms with Crippen LogP contribution in [0.4, 0.5) is 14.5 Å². The van der Waals surface area contributed by atoms with Crippen molar-refractivity contribution in [1.29, 1.82) is 0 Å². The first-order chi connectivity index (χ1) is 13.8. The molecule has 1 unspecified atom stereocenters. The number of benzene rings is 1. The van der Waals surface area contributed by atoms with E-state index in [1.807, 2.05) is 6.92 Å². The molecule has 1 aromatic rings. The Morgan fingerprint density at radius 2 is 1.97 bits per heavy atom. The molecule has 1 atom stereocenters. The second kappa shape index (κ2) is 12.6. The molecular weight excluding hydrogens is 527 g/mol. The quantitative estimate of drug-likeness (QED) is 0.211. The molecule has 0 radical (unpaired) electrons. The lowest BCUT2D eigenvalue weighted by atomic mass is 10.2. The fourth-order valence-corrected chi connectivity index (χ4v) is 4.08. The highest BCUT2D eigenvalue weighted by Crippen LogP contribution is 2.26. The van der Waals surface area contributed by atoms with Gasteiger partial charge in [-0.1, -0.05) is 6.07 Å². The zero-order chi connectivity index (χ0) is 21.4. The van der Waals surface area contributed by atoms with E-state index in [4.69, 9.17) is 0 Å². The molecule has 0 aliphatic carbocycles. The lowest BCUT2D eigenvalue weighted by molar-refractivity contribution is 0.464. The average Bonchev–Trinajstić information content (AvgIpc) is 3.12. The summed E-state index contributed by atoms with van der Waals surface area (Å²) in [6.07, 6.45) is 1.33. The summed E-state index contributed by atoms with van der Waals surface area (Å²) in [5.41, 5.74) is 0.0129. The Morgan fingerprint density at radius 1 is 1.30 bits per heavy atom. The fourth-order valence-electron chi connectivity index (χ4n) is 3.23. The van der Waals surface area contributed by atoms with Crippen LogP contribution in [0.15, 0.2) is 23.2 Å². The topological polar surface area (TPSA) is 77.0 Å². The summed E-state index contributed by atoms with van der Waals surface area (Å²) in [4.78, 5) is 6.20. The molecular formula is C19H32F2IN5O2S. The Morgan fingerprint density at radius 3 is 2.57 bits per heavy atom. The van der Waals surface area contributed by atoms with E-state index in [0.29, 0.717) is 45.1 Å². The molecule has 11 heteroatoms. The largest absolute Gasteiger partial charge is 0.365 e. The molecule has 1 fully saturated rings. The van der Waals surface area contributed by atoms with Gasteiger partial charge in [-0.25, -0.2) is 21.5 Å². The predicted molar refractivity (Wildman–Crippen MR) is 128 cm³/mol. The molecule has 1 aromatic carbocycles. The molecule has 0 amide bonds. The number of hydrogen-bond acceptors (Lipinski definition) is 4. The van der Waals surface area contributed by atoms with Gasteiger partial charge >= 0.3 is 0 Å². The molecule has 0 saturated carbocycles. The summed E-state index contributed by atoms with van der Waals surface area (Å²) >= 11 is 0. The summed E-state index contributed by atoms with van der Waals surface area (Å²) < 4.78 is 52.9. The lowest BCUT2D eigenvalue weighted by Crippen LogP contribution is -2.44. The van der Waals surface area contributed by atoms with Gasteiger partial charge in [-0.2, -0.15) is 0 Å². The number of anilines is 1. The van der Waals surface area contributed by atoms with E-state index in [9.17, 15) is 17.2 Å². The molecule has 2 N–H and O–H groups in total. The maximum Gasteiger partial charge on any atom is 0.213 e. The molecule has 1 heterocycles. The maximum atomic E-state index is 14.0. The molecule has 1 aliphatic rings. The highest BCUT2D eigenvalue weighted by atomic mass is 127. The number of rotatable bonds is 9. The van der Waals surface area contributed by atoms with E-state index < -0.39 is 21.7 Å². The Hall–Kier alpha value is -1.21. The first-order valence-electron chi connectivity index (χ1n) is 9.96.